The molecule has 0 radical (unpaired) electrons. The van der Waals surface area contributed by atoms with Crippen molar-refractivity contribution < 1.29 is 4.79 Å². The van der Waals surface area contributed by atoms with E-state index in [1.807, 2.05) is 18.2 Å². The predicted molar refractivity (Wildman–Crippen MR) is 98.0 cm³/mol. The Kier molecular flexibility index (Phi) is 3.80. The normalized spacial score (nSPS) is 31.2. The monoisotopic (exact) mass is 324 g/mol. The van der Waals surface area contributed by atoms with Crippen molar-refractivity contribution in [2.24, 2.45) is 17.8 Å². The number of anilines is 1. The van der Waals surface area contributed by atoms with Gasteiger partial charge in [0.2, 0.25) is 5.91 Å². The van der Waals surface area contributed by atoms with Crippen molar-refractivity contribution in [3.8, 4) is 0 Å². The van der Waals surface area contributed by atoms with Gasteiger partial charge in [0.05, 0.1) is 0 Å². The van der Waals surface area contributed by atoms with Crippen LogP contribution in [0.15, 0.2) is 35.9 Å². The molecule has 3 heteroatoms. The minimum Gasteiger partial charge on any atom is -0.323 e. The quantitative estimate of drug-likeness (QED) is 0.839. The van der Waals surface area contributed by atoms with Crippen molar-refractivity contribution in [3.63, 3.8) is 0 Å². The lowest BCUT2D eigenvalue weighted by atomic mass is 9.65. The fraction of sp³-hybridized carbons (Fsp3) is 0.571. The Morgan fingerprint density at radius 1 is 1.08 bits per heavy atom. The largest absolute Gasteiger partial charge is 0.323 e. The van der Waals surface area contributed by atoms with E-state index in [1.165, 1.54) is 30.5 Å². The van der Waals surface area contributed by atoms with Gasteiger partial charge in [-0.2, -0.15) is 0 Å². The van der Waals surface area contributed by atoms with Crippen LogP contribution in [-0.4, -0.2) is 30.4 Å². The molecule has 3 nitrogen and oxygen atoms in total. The number of nitrogens with one attached hydrogen (secondary N) is 1. The first-order valence-electron chi connectivity index (χ1n) is 9.24. The molecule has 4 fully saturated rings. The minimum absolute atomic E-state index is 0.0379. The molecule has 2 unspecified atom stereocenters. The molecule has 4 aliphatic rings. The third-order valence-corrected chi connectivity index (χ3v) is 5.97. The zero-order valence-electron chi connectivity index (χ0n) is 15.0. The molecule has 5 rings (SSSR count). The molecular formula is C21H28N2O. The molecular weight excluding hydrogens is 296 g/mol. The van der Waals surface area contributed by atoms with Gasteiger partial charge in [-0.15, -0.1) is 0 Å². The summed E-state index contributed by atoms with van der Waals surface area (Å²) >= 11 is 0. The Hall–Kier alpha value is -1.61. The number of nitrogens with zero attached hydrogens (tertiary/aromatic N) is 1. The second kappa shape index (κ2) is 5.73. The lowest BCUT2D eigenvalue weighted by molar-refractivity contribution is -0.112. The van der Waals surface area contributed by atoms with E-state index in [0.717, 1.165) is 24.7 Å². The first kappa shape index (κ1) is 15.9. The van der Waals surface area contributed by atoms with Gasteiger partial charge in [-0.05, 0) is 53.7 Å². The van der Waals surface area contributed by atoms with Crippen LogP contribution in [-0.2, 0) is 10.2 Å². The third kappa shape index (κ3) is 3.02. The summed E-state index contributed by atoms with van der Waals surface area (Å²) in [6, 6.07) is 8.25. The average molecular weight is 324 g/mol. The molecule has 1 aliphatic carbocycles. The molecule has 3 heterocycles. The Balaban J connectivity index is 1.45. The van der Waals surface area contributed by atoms with Crippen LogP contribution in [0.4, 0.5) is 5.69 Å². The van der Waals surface area contributed by atoms with E-state index in [4.69, 9.17) is 0 Å². The van der Waals surface area contributed by atoms with E-state index in [0.29, 0.717) is 11.8 Å². The highest BCUT2D eigenvalue weighted by atomic mass is 16.1. The zero-order chi connectivity index (χ0) is 16.9. The number of benzene rings is 1. The van der Waals surface area contributed by atoms with Crippen molar-refractivity contribution in [1.29, 1.82) is 0 Å². The minimum atomic E-state index is 0.0379. The molecule has 0 aromatic heterocycles. The van der Waals surface area contributed by atoms with Crippen molar-refractivity contribution in [2.45, 2.75) is 39.0 Å². The Labute approximate surface area is 145 Å². The Bertz CT molecular complexity index is 636. The summed E-state index contributed by atoms with van der Waals surface area (Å²) in [5.74, 6) is 2.14. The second-order valence-corrected chi connectivity index (χ2v) is 8.91. The summed E-state index contributed by atoms with van der Waals surface area (Å²) in [6.07, 6.45) is 4.48. The first-order chi connectivity index (χ1) is 11.4. The molecule has 4 bridgehead atoms. The van der Waals surface area contributed by atoms with E-state index >= 15 is 0 Å². The summed E-state index contributed by atoms with van der Waals surface area (Å²) in [5.41, 5.74) is 3.72. The van der Waals surface area contributed by atoms with Crippen LogP contribution in [0.25, 0.3) is 0 Å². The highest BCUT2D eigenvalue weighted by molar-refractivity contribution is 5.99. The van der Waals surface area contributed by atoms with Gasteiger partial charge in [-0.3, -0.25) is 4.79 Å². The van der Waals surface area contributed by atoms with Crippen LogP contribution < -0.4 is 5.32 Å². The smallest absolute Gasteiger partial charge is 0.248 e. The van der Waals surface area contributed by atoms with Crippen LogP contribution in [0.2, 0.25) is 0 Å². The van der Waals surface area contributed by atoms with Gasteiger partial charge in [-0.1, -0.05) is 38.5 Å². The van der Waals surface area contributed by atoms with Crippen molar-refractivity contribution in [3.05, 3.63) is 41.5 Å². The van der Waals surface area contributed by atoms with Gasteiger partial charge in [0.15, 0.2) is 0 Å². The molecule has 3 aliphatic heterocycles. The molecule has 1 amide bonds. The van der Waals surface area contributed by atoms with E-state index in [2.05, 4.69) is 43.1 Å². The fourth-order valence-electron chi connectivity index (χ4n) is 4.85. The molecule has 1 N–H and O–H groups in total. The van der Waals surface area contributed by atoms with Crippen LogP contribution in [0.3, 0.4) is 0 Å². The molecule has 128 valence electrons. The second-order valence-electron chi connectivity index (χ2n) is 8.91. The van der Waals surface area contributed by atoms with E-state index < -0.39 is 0 Å². The zero-order valence-corrected chi connectivity index (χ0v) is 15.0. The van der Waals surface area contributed by atoms with Gasteiger partial charge in [0, 0.05) is 31.4 Å². The van der Waals surface area contributed by atoms with Crippen molar-refractivity contribution in [1.82, 2.24) is 4.90 Å². The number of hydrogen-bond donors (Lipinski definition) is 1. The van der Waals surface area contributed by atoms with Gasteiger partial charge in [0.25, 0.3) is 0 Å². The average Bonchev–Trinajstić information content (AvgIpc) is 2.50. The maximum absolute atomic E-state index is 12.5. The molecule has 3 saturated heterocycles. The number of carbonyl (C=O) groups excluding carboxylic acids is 1. The number of carbonyl (C=O) groups is 1. The lowest BCUT2D eigenvalue weighted by Gasteiger charge is -2.53. The molecule has 0 spiro atoms. The molecule has 1 aromatic carbocycles. The third-order valence-electron chi connectivity index (χ3n) is 5.97. The summed E-state index contributed by atoms with van der Waals surface area (Å²) in [7, 11) is 0. The van der Waals surface area contributed by atoms with Crippen LogP contribution in [0.1, 0.15) is 39.2 Å². The van der Waals surface area contributed by atoms with Gasteiger partial charge in [-0.25, -0.2) is 0 Å². The van der Waals surface area contributed by atoms with Crippen molar-refractivity contribution in [2.75, 3.05) is 25.0 Å². The highest BCUT2D eigenvalue weighted by Crippen LogP contribution is 2.46. The van der Waals surface area contributed by atoms with Crippen molar-refractivity contribution >= 4 is 11.6 Å². The Morgan fingerprint density at radius 2 is 1.71 bits per heavy atom. The highest BCUT2D eigenvalue weighted by Gasteiger charge is 2.44. The summed E-state index contributed by atoms with van der Waals surface area (Å²) < 4.78 is 0. The summed E-state index contributed by atoms with van der Waals surface area (Å²) in [6.45, 7) is 10.2. The van der Waals surface area contributed by atoms with E-state index in [-0.39, 0.29) is 11.3 Å². The maximum Gasteiger partial charge on any atom is 0.248 e. The predicted octanol–water partition coefficient (Wildman–Crippen LogP) is 3.82. The molecule has 1 aromatic rings. The lowest BCUT2D eigenvalue weighted by Crippen LogP contribution is -2.54. The van der Waals surface area contributed by atoms with Gasteiger partial charge in [0.1, 0.15) is 0 Å². The van der Waals surface area contributed by atoms with Gasteiger partial charge >= 0.3 is 0 Å². The number of rotatable bonds is 2. The summed E-state index contributed by atoms with van der Waals surface area (Å²) in [5, 5.41) is 3.05. The topological polar surface area (TPSA) is 32.3 Å². The van der Waals surface area contributed by atoms with Crippen LogP contribution >= 0.6 is 0 Å². The van der Waals surface area contributed by atoms with Crippen LogP contribution in [0.5, 0.6) is 0 Å². The number of amides is 1. The fourth-order valence-corrected chi connectivity index (χ4v) is 4.85. The number of piperidine rings is 3. The van der Waals surface area contributed by atoms with E-state index in [1.54, 1.807) is 0 Å². The van der Waals surface area contributed by atoms with E-state index in [9.17, 15) is 4.79 Å². The first-order valence-corrected chi connectivity index (χ1v) is 9.24. The Morgan fingerprint density at radius 3 is 2.25 bits per heavy atom. The molecule has 24 heavy (non-hydrogen) atoms. The standard InChI is InChI=1S/C21H28N2O/c1-21(2,3)17-4-6-18(7-5-17)22-20(24)10-19-15-8-14-9-16(19)13-23(11-14)12-15/h4-7,10,14-16H,8-9,11-13H2,1-3H3,(H,22,24). The summed E-state index contributed by atoms with van der Waals surface area (Å²) in [4.78, 5) is 15.1. The van der Waals surface area contributed by atoms with Gasteiger partial charge < -0.3 is 10.2 Å². The molecule has 2 atom stereocenters. The van der Waals surface area contributed by atoms with Crippen LogP contribution in [0, 0.1) is 17.8 Å². The maximum atomic E-state index is 12.5. The number of hydrogen-bond acceptors (Lipinski definition) is 2. The SMILES string of the molecule is CC(C)(C)c1ccc(NC(=O)C=C2C3CC4CC2CN(C4)C3)cc1. The molecule has 1 saturated carbocycles.